The van der Waals surface area contributed by atoms with Crippen molar-refractivity contribution in [2.45, 2.75) is 31.2 Å². The number of carbonyl (C=O) groups excluding carboxylic acids is 1. The first kappa shape index (κ1) is 18.3. The molecule has 1 amide bonds. The van der Waals surface area contributed by atoms with Crippen LogP contribution in [0.3, 0.4) is 0 Å². The summed E-state index contributed by atoms with van der Waals surface area (Å²) < 4.78 is 27.0. The molecule has 2 aromatic rings. The molecule has 128 valence electrons. The topological polar surface area (TPSA) is 75.3 Å². The lowest BCUT2D eigenvalue weighted by Gasteiger charge is -2.13. The summed E-state index contributed by atoms with van der Waals surface area (Å²) in [6.07, 6.45) is 0.814. The molecule has 7 heteroatoms. The zero-order chi connectivity index (χ0) is 17.7. The summed E-state index contributed by atoms with van der Waals surface area (Å²) in [6.45, 7) is 3.88. The van der Waals surface area contributed by atoms with E-state index in [1.54, 1.807) is 18.2 Å². The highest BCUT2D eigenvalue weighted by Gasteiger charge is 2.16. The lowest BCUT2D eigenvalue weighted by Crippen LogP contribution is -2.31. The van der Waals surface area contributed by atoms with Gasteiger partial charge < -0.3 is 5.32 Å². The minimum atomic E-state index is -3.73. The van der Waals surface area contributed by atoms with Gasteiger partial charge in [0, 0.05) is 11.6 Å². The van der Waals surface area contributed by atoms with Gasteiger partial charge in [0.15, 0.2) is 0 Å². The van der Waals surface area contributed by atoms with Crippen LogP contribution >= 0.6 is 11.6 Å². The SMILES string of the molecule is CCC(C)NC(=O)c1ccc(NS(=O)(=O)c2ccccc2)c(Cl)c1. The lowest BCUT2D eigenvalue weighted by molar-refractivity contribution is 0.0939. The van der Waals surface area contributed by atoms with Crippen molar-refractivity contribution < 1.29 is 13.2 Å². The summed E-state index contributed by atoms with van der Waals surface area (Å²) in [4.78, 5) is 12.2. The zero-order valence-electron chi connectivity index (χ0n) is 13.4. The van der Waals surface area contributed by atoms with Crippen LogP contribution in [-0.2, 0) is 10.0 Å². The van der Waals surface area contributed by atoms with E-state index in [1.165, 1.54) is 30.3 Å². The van der Waals surface area contributed by atoms with Gasteiger partial charge in [0.25, 0.3) is 15.9 Å². The Bertz CT molecular complexity index is 823. The Morgan fingerprint density at radius 3 is 2.42 bits per heavy atom. The number of anilines is 1. The number of carbonyl (C=O) groups is 1. The molecular weight excluding hydrogens is 348 g/mol. The molecule has 0 aromatic heterocycles. The molecule has 1 unspecified atom stereocenters. The maximum absolute atomic E-state index is 12.3. The molecular formula is C17H19ClN2O3S. The van der Waals surface area contributed by atoms with Crippen molar-refractivity contribution in [1.29, 1.82) is 0 Å². The molecule has 2 aromatic carbocycles. The monoisotopic (exact) mass is 366 g/mol. The van der Waals surface area contributed by atoms with Crippen molar-refractivity contribution in [3.63, 3.8) is 0 Å². The molecule has 0 aliphatic heterocycles. The molecule has 0 aliphatic carbocycles. The molecule has 0 fully saturated rings. The van der Waals surface area contributed by atoms with Gasteiger partial charge in [-0.2, -0.15) is 0 Å². The van der Waals surface area contributed by atoms with E-state index in [2.05, 4.69) is 10.0 Å². The molecule has 1 atom stereocenters. The van der Waals surface area contributed by atoms with Crippen molar-refractivity contribution in [3.8, 4) is 0 Å². The predicted octanol–water partition coefficient (Wildman–Crippen LogP) is 3.67. The minimum Gasteiger partial charge on any atom is -0.350 e. The number of rotatable bonds is 6. The van der Waals surface area contributed by atoms with Gasteiger partial charge in [0.05, 0.1) is 15.6 Å². The average molecular weight is 367 g/mol. The number of hydrogen-bond acceptors (Lipinski definition) is 3. The minimum absolute atomic E-state index is 0.0486. The van der Waals surface area contributed by atoms with Gasteiger partial charge in [-0.15, -0.1) is 0 Å². The van der Waals surface area contributed by atoms with E-state index in [4.69, 9.17) is 11.6 Å². The Hall–Kier alpha value is -2.05. The Morgan fingerprint density at radius 1 is 1.17 bits per heavy atom. The van der Waals surface area contributed by atoms with E-state index in [0.717, 1.165) is 6.42 Å². The van der Waals surface area contributed by atoms with Crippen LogP contribution in [0.2, 0.25) is 5.02 Å². The summed E-state index contributed by atoms with van der Waals surface area (Å²) >= 11 is 6.13. The van der Waals surface area contributed by atoms with E-state index in [9.17, 15) is 13.2 Å². The van der Waals surface area contributed by atoms with Crippen LogP contribution in [0.1, 0.15) is 30.6 Å². The average Bonchev–Trinajstić information content (AvgIpc) is 2.57. The normalized spacial score (nSPS) is 12.5. The van der Waals surface area contributed by atoms with Crippen molar-refractivity contribution in [2.75, 3.05) is 4.72 Å². The highest BCUT2D eigenvalue weighted by molar-refractivity contribution is 7.92. The van der Waals surface area contributed by atoms with Gasteiger partial charge >= 0.3 is 0 Å². The quantitative estimate of drug-likeness (QED) is 0.819. The number of halogens is 1. The van der Waals surface area contributed by atoms with E-state index in [1.807, 2.05) is 13.8 Å². The van der Waals surface area contributed by atoms with Gasteiger partial charge in [-0.05, 0) is 43.7 Å². The maximum atomic E-state index is 12.3. The van der Waals surface area contributed by atoms with Gasteiger partial charge in [-0.25, -0.2) is 8.42 Å². The summed E-state index contributed by atoms with van der Waals surface area (Å²) in [6, 6.07) is 12.5. The molecule has 0 saturated carbocycles. The summed E-state index contributed by atoms with van der Waals surface area (Å²) in [7, 11) is -3.73. The summed E-state index contributed by atoms with van der Waals surface area (Å²) in [5.41, 5.74) is 0.601. The Morgan fingerprint density at radius 2 is 1.83 bits per heavy atom. The standard InChI is InChI=1S/C17H19ClN2O3S/c1-3-12(2)19-17(21)13-9-10-16(15(18)11-13)20-24(22,23)14-7-5-4-6-8-14/h4-12,20H,3H2,1-2H3,(H,19,21). The third kappa shape index (κ3) is 4.49. The van der Waals surface area contributed by atoms with Crippen LogP contribution in [0.5, 0.6) is 0 Å². The van der Waals surface area contributed by atoms with Gasteiger partial charge in [0.1, 0.15) is 0 Å². The molecule has 0 heterocycles. The van der Waals surface area contributed by atoms with Crippen molar-refractivity contribution in [3.05, 3.63) is 59.1 Å². The second-order valence-electron chi connectivity index (χ2n) is 5.40. The van der Waals surface area contributed by atoms with Crippen molar-refractivity contribution >= 4 is 33.2 Å². The van der Waals surface area contributed by atoms with E-state index in [0.29, 0.717) is 5.56 Å². The fraction of sp³-hybridized carbons (Fsp3) is 0.235. The van der Waals surface area contributed by atoms with Gasteiger partial charge in [-0.3, -0.25) is 9.52 Å². The van der Waals surface area contributed by atoms with Gasteiger partial charge in [-0.1, -0.05) is 36.7 Å². The van der Waals surface area contributed by atoms with Crippen LogP contribution in [0.25, 0.3) is 0 Å². The van der Waals surface area contributed by atoms with Crippen molar-refractivity contribution in [2.24, 2.45) is 0 Å². The smallest absolute Gasteiger partial charge is 0.261 e. The highest BCUT2D eigenvalue weighted by Crippen LogP contribution is 2.26. The molecule has 0 bridgehead atoms. The van der Waals surface area contributed by atoms with Crippen molar-refractivity contribution in [1.82, 2.24) is 5.32 Å². The first-order valence-corrected chi connectivity index (χ1v) is 9.38. The predicted molar refractivity (Wildman–Crippen MR) is 95.9 cm³/mol. The Labute approximate surface area is 147 Å². The summed E-state index contributed by atoms with van der Waals surface area (Å²) in [5.74, 6) is -0.247. The third-order valence-corrected chi connectivity index (χ3v) is 5.21. The fourth-order valence-corrected chi connectivity index (χ4v) is 3.34. The van der Waals surface area contributed by atoms with Crippen LogP contribution < -0.4 is 10.0 Å². The number of hydrogen-bond donors (Lipinski definition) is 2. The van der Waals surface area contributed by atoms with Crippen LogP contribution in [0.15, 0.2) is 53.4 Å². The molecule has 2 rings (SSSR count). The summed E-state index contributed by atoms with van der Waals surface area (Å²) in [5, 5.41) is 2.99. The third-order valence-electron chi connectivity index (χ3n) is 3.52. The van der Waals surface area contributed by atoms with Gasteiger partial charge in [0.2, 0.25) is 0 Å². The number of amides is 1. The van der Waals surface area contributed by atoms with Crippen LogP contribution in [-0.4, -0.2) is 20.4 Å². The first-order chi connectivity index (χ1) is 11.3. The number of nitrogens with one attached hydrogen (secondary N) is 2. The lowest BCUT2D eigenvalue weighted by atomic mass is 10.1. The molecule has 0 radical (unpaired) electrons. The van der Waals surface area contributed by atoms with E-state index < -0.39 is 10.0 Å². The Balaban J connectivity index is 2.20. The first-order valence-electron chi connectivity index (χ1n) is 7.51. The van der Waals surface area contributed by atoms with E-state index in [-0.39, 0.29) is 27.6 Å². The Kier molecular flexibility index (Phi) is 5.85. The molecule has 2 N–H and O–H groups in total. The number of benzene rings is 2. The largest absolute Gasteiger partial charge is 0.350 e. The maximum Gasteiger partial charge on any atom is 0.261 e. The second-order valence-corrected chi connectivity index (χ2v) is 7.49. The molecule has 0 spiro atoms. The number of sulfonamides is 1. The fourth-order valence-electron chi connectivity index (χ4n) is 1.95. The second kappa shape index (κ2) is 7.68. The molecule has 0 saturated heterocycles. The molecule has 5 nitrogen and oxygen atoms in total. The molecule has 0 aliphatic rings. The highest BCUT2D eigenvalue weighted by atomic mass is 35.5. The van der Waals surface area contributed by atoms with Crippen LogP contribution in [0, 0.1) is 0 Å². The zero-order valence-corrected chi connectivity index (χ0v) is 15.0. The van der Waals surface area contributed by atoms with E-state index >= 15 is 0 Å². The van der Waals surface area contributed by atoms with Crippen LogP contribution in [0.4, 0.5) is 5.69 Å². The molecule has 24 heavy (non-hydrogen) atoms.